The molecule has 0 fully saturated rings. The molecule has 4 nitrogen and oxygen atoms in total. The Balaban J connectivity index is 1.83. The molecule has 0 aliphatic heterocycles. The minimum absolute atomic E-state index is 0.195. The summed E-state index contributed by atoms with van der Waals surface area (Å²) in [5.41, 5.74) is 1.26. The predicted octanol–water partition coefficient (Wildman–Crippen LogP) is 1.01. The summed E-state index contributed by atoms with van der Waals surface area (Å²) in [6, 6.07) is 15.1. The van der Waals surface area contributed by atoms with Crippen molar-refractivity contribution < 1.29 is 19.2 Å². The van der Waals surface area contributed by atoms with Crippen molar-refractivity contribution in [2.45, 2.75) is 6.10 Å². The number of aliphatic hydroxyl groups excluding tert-OH is 1. The number of amides is 1. The van der Waals surface area contributed by atoms with Gasteiger partial charge in [0.25, 0.3) is 5.91 Å². The van der Waals surface area contributed by atoms with E-state index in [1.54, 1.807) is 12.1 Å². The van der Waals surface area contributed by atoms with Crippen LogP contribution in [0, 0.1) is 5.82 Å². The Hall–Kier alpha value is -2.24. The minimum Gasteiger partial charge on any atom is -0.382 e. The summed E-state index contributed by atoms with van der Waals surface area (Å²) in [7, 11) is 1.83. The molecular formula is C17H20FN2O2+. The molecule has 2 aromatic carbocycles. The maximum absolute atomic E-state index is 13.1. The third-order valence-electron chi connectivity index (χ3n) is 3.30. The summed E-state index contributed by atoms with van der Waals surface area (Å²) < 4.78 is 13.1. The highest BCUT2D eigenvalue weighted by Crippen LogP contribution is 2.10. The highest BCUT2D eigenvalue weighted by atomic mass is 19.1. The molecule has 0 aliphatic carbocycles. The van der Waals surface area contributed by atoms with Gasteiger partial charge in [-0.05, 0) is 23.8 Å². The number of rotatable bonds is 6. The molecule has 22 heavy (non-hydrogen) atoms. The first kappa shape index (κ1) is 16.1. The summed E-state index contributed by atoms with van der Waals surface area (Å²) in [5.74, 6) is -0.610. The van der Waals surface area contributed by atoms with Crippen LogP contribution in [0.1, 0.15) is 11.7 Å². The molecule has 2 atom stereocenters. The van der Waals surface area contributed by atoms with Gasteiger partial charge in [0.2, 0.25) is 0 Å². The predicted molar refractivity (Wildman–Crippen MR) is 83.1 cm³/mol. The minimum atomic E-state index is -0.622. The molecule has 0 aromatic heterocycles. The zero-order chi connectivity index (χ0) is 15.9. The van der Waals surface area contributed by atoms with Gasteiger partial charge < -0.3 is 15.3 Å². The number of nitrogens with one attached hydrogen (secondary N) is 2. The molecule has 2 aromatic rings. The first-order chi connectivity index (χ1) is 10.5. The number of aliphatic hydroxyl groups is 1. The molecule has 116 valence electrons. The largest absolute Gasteiger partial charge is 0.382 e. The second kappa shape index (κ2) is 7.68. The summed E-state index contributed by atoms with van der Waals surface area (Å²) in [6.45, 7) is 0.612. The van der Waals surface area contributed by atoms with Crippen molar-refractivity contribution in [3.8, 4) is 0 Å². The van der Waals surface area contributed by atoms with Gasteiger partial charge >= 0.3 is 0 Å². The van der Waals surface area contributed by atoms with Crippen molar-refractivity contribution in [2.75, 3.05) is 25.5 Å². The van der Waals surface area contributed by atoms with Crippen LogP contribution >= 0.6 is 0 Å². The molecule has 1 amide bonds. The van der Waals surface area contributed by atoms with Gasteiger partial charge in [-0.3, -0.25) is 4.79 Å². The Labute approximate surface area is 129 Å². The highest BCUT2D eigenvalue weighted by molar-refractivity contribution is 5.91. The molecule has 0 saturated heterocycles. The van der Waals surface area contributed by atoms with Gasteiger partial charge in [-0.1, -0.05) is 36.4 Å². The number of likely N-dealkylation sites (N-methyl/N-ethyl adjacent to an activating group) is 1. The lowest BCUT2D eigenvalue weighted by Gasteiger charge is -2.18. The zero-order valence-corrected chi connectivity index (χ0v) is 12.4. The van der Waals surface area contributed by atoms with Gasteiger partial charge in [0.05, 0.1) is 7.05 Å². The van der Waals surface area contributed by atoms with E-state index in [9.17, 15) is 14.3 Å². The van der Waals surface area contributed by atoms with E-state index in [4.69, 9.17) is 0 Å². The summed E-state index contributed by atoms with van der Waals surface area (Å²) in [5, 5.41) is 12.8. The van der Waals surface area contributed by atoms with Crippen LogP contribution in [-0.2, 0) is 4.79 Å². The fourth-order valence-electron chi connectivity index (χ4n) is 2.24. The Morgan fingerprint density at radius 1 is 1.23 bits per heavy atom. The fraction of sp³-hybridized carbons (Fsp3) is 0.235. The van der Waals surface area contributed by atoms with Crippen LogP contribution < -0.4 is 10.2 Å². The average molecular weight is 303 g/mol. The summed E-state index contributed by atoms with van der Waals surface area (Å²) >= 11 is 0. The van der Waals surface area contributed by atoms with Crippen LogP contribution in [-0.4, -0.2) is 31.2 Å². The molecule has 0 bridgehead atoms. The van der Waals surface area contributed by atoms with Crippen molar-refractivity contribution >= 4 is 11.6 Å². The number of carbonyl (C=O) groups excluding carboxylic acids is 1. The third kappa shape index (κ3) is 4.95. The fourth-order valence-corrected chi connectivity index (χ4v) is 2.24. The molecule has 0 spiro atoms. The van der Waals surface area contributed by atoms with Crippen LogP contribution in [0.3, 0.4) is 0 Å². The lowest BCUT2D eigenvalue weighted by atomic mass is 10.1. The quantitative estimate of drug-likeness (QED) is 0.746. The van der Waals surface area contributed by atoms with Gasteiger partial charge in [0, 0.05) is 5.69 Å². The lowest BCUT2D eigenvalue weighted by Crippen LogP contribution is -3.10. The number of benzene rings is 2. The third-order valence-corrected chi connectivity index (χ3v) is 3.30. The molecule has 0 aliphatic rings. The van der Waals surface area contributed by atoms with Gasteiger partial charge in [-0.15, -0.1) is 0 Å². The van der Waals surface area contributed by atoms with Crippen LogP contribution in [0.4, 0.5) is 10.1 Å². The Morgan fingerprint density at radius 3 is 2.64 bits per heavy atom. The van der Waals surface area contributed by atoms with E-state index in [0.29, 0.717) is 12.2 Å². The smallest absolute Gasteiger partial charge is 0.279 e. The zero-order valence-electron chi connectivity index (χ0n) is 12.4. The SMILES string of the molecule is C[NH+](CC(=O)Nc1cccc(F)c1)C[C@H](O)c1ccccc1. The maximum Gasteiger partial charge on any atom is 0.279 e. The second-order valence-corrected chi connectivity index (χ2v) is 5.32. The topological polar surface area (TPSA) is 53.8 Å². The molecule has 1 unspecified atom stereocenters. The highest BCUT2D eigenvalue weighted by Gasteiger charge is 2.16. The van der Waals surface area contributed by atoms with E-state index in [1.165, 1.54) is 12.1 Å². The molecule has 0 heterocycles. The van der Waals surface area contributed by atoms with Crippen molar-refractivity contribution in [2.24, 2.45) is 0 Å². The number of hydrogen-bond donors (Lipinski definition) is 3. The van der Waals surface area contributed by atoms with Crippen molar-refractivity contribution in [3.63, 3.8) is 0 Å². The van der Waals surface area contributed by atoms with Crippen LogP contribution in [0.25, 0.3) is 0 Å². The molecular weight excluding hydrogens is 283 g/mol. The van der Waals surface area contributed by atoms with E-state index >= 15 is 0 Å². The molecule has 5 heteroatoms. The Kier molecular flexibility index (Phi) is 5.63. The molecule has 0 radical (unpaired) electrons. The molecule has 3 N–H and O–H groups in total. The number of anilines is 1. The van der Waals surface area contributed by atoms with E-state index < -0.39 is 11.9 Å². The van der Waals surface area contributed by atoms with Crippen LogP contribution in [0.5, 0.6) is 0 Å². The Morgan fingerprint density at radius 2 is 1.95 bits per heavy atom. The summed E-state index contributed by atoms with van der Waals surface area (Å²) in [6.07, 6.45) is -0.622. The van der Waals surface area contributed by atoms with E-state index in [1.807, 2.05) is 37.4 Å². The van der Waals surface area contributed by atoms with Crippen LogP contribution in [0.15, 0.2) is 54.6 Å². The van der Waals surface area contributed by atoms with Crippen molar-refractivity contribution in [1.82, 2.24) is 0 Å². The van der Waals surface area contributed by atoms with E-state index in [-0.39, 0.29) is 12.5 Å². The van der Waals surface area contributed by atoms with Crippen LogP contribution in [0.2, 0.25) is 0 Å². The molecule has 0 saturated carbocycles. The van der Waals surface area contributed by atoms with Gasteiger partial charge in [-0.25, -0.2) is 4.39 Å². The number of hydrogen-bond acceptors (Lipinski definition) is 2. The average Bonchev–Trinajstić information content (AvgIpc) is 2.47. The van der Waals surface area contributed by atoms with E-state index in [2.05, 4.69) is 5.32 Å². The van der Waals surface area contributed by atoms with Gasteiger partial charge in [-0.2, -0.15) is 0 Å². The first-order valence-corrected chi connectivity index (χ1v) is 7.14. The lowest BCUT2D eigenvalue weighted by molar-refractivity contribution is -0.875. The molecule has 2 rings (SSSR count). The maximum atomic E-state index is 13.1. The monoisotopic (exact) mass is 303 g/mol. The summed E-state index contributed by atoms with van der Waals surface area (Å²) in [4.78, 5) is 12.8. The first-order valence-electron chi connectivity index (χ1n) is 7.14. The number of carbonyl (C=O) groups is 1. The van der Waals surface area contributed by atoms with Crippen molar-refractivity contribution in [1.29, 1.82) is 0 Å². The number of quaternary nitrogens is 1. The number of halogens is 1. The van der Waals surface area contributed by atoms with Crippen molar-refractivity contribution in [3.05, 3.63) is 66.0 Å². The second-order valence-electron chi connectivity index (χ2n) is 5.32. The normalized spacial score (nSPS) is 13.4. The Bertz CT molecular complexity index is 619. The van der Waals surface area contributed by atoms with Gasteiger partial charge in [0.15, 0.2) is 6.54 Å². The van der Waals surface area contributed by atoms with Gasteiger partial charge in [0.1, 0.15) is 18.5 Å². The van der Waals surface area contributed by atoms with E-state index in [0.717, 1.165) is 10.5 Å². The standard InChI is InChI=1S/C17H19FN2O2/c1-20(11-16(21)13-6-3-2-4-7-13)12-17(22)19-15-9-5-8-14(18)10-15/h2-10,16,21H,11-12H2,1H3,(H,19,22)/p+1/t16-/m0/s1.